The van der Waals surface area contributed by atoms with Gasteiger partial charge in [-0.3, -0.25) is 9.69 Å². The van der Waals surface area contributed by atoms with E-state index in [4.69, 9.17) is 0 Å². The lowest BCUT2D eigenvalue weighted by Gasteiger charge is -2.37. The van der Waals surface area contributed by atoms with Gasteiger partial charge >= 0.3 is 0 Å². The number of hydrogen-bond acceptors (Lipinski definition) is 5. The van der Waals surface area contributed by atoms with Gasteiger partial charge in [-0.25, -0.2) is 13.4 Å². The molecule has 7 heteroatoms. The number of thiazole rings is 1. The fourth-order valence-corrected chi connectivity index (χ4v) is 5.72. The summed E-state index contributed by atoms with van der Waals surface area (Å²) in [5.41, 5.74) is 1.43. The minimum absolute atomic E-state index is 0.265. The van der Waals surface area contributed by atoms with E-state index in [1.54, 1.807) is 23.1 Å². The Morgan fingerprint density at radius 1 is 1.11 bits per heavy atom. The molecule has 4 rings (SSSR count). The fourth-order valence-electron chi connectivity index (χ4n) is 3.93. The second-order valence-corrected chi connectivity index (χ2v) is 10.0. The number of fused-ring (bicyclic) bond motifs is 1. The summed E-state index contributed by atoms with van der Waals surface area (Å²) in [6, 6.07) is 15.0. The maximum Gasteiger partial charge on any atom is 0.216 e. The van der Waals surface area contributed by atoms with Crippen LogP contribution in [0.5, 0.6) is 0 Å². The first-order chi connectivity index (χ1) is 12.9. The molecule has 1 aliphatic rings. The molecular weight excluding hydrogens is 380 g/mol. The number of hydrogen-bond donors (Lipinski definition) is 0. The summed E-state index contributed by atoms with van der Waals surface area (Å²) in [5, 5.41) is 0.608. The molecule has 0 bridgehead atoms. The summed E-state index contributed by atoms with van der Waals surface area (Å²) in [7, 11) is -3.29. The Hall–Kier alpha value is -2.25. The molecule has 140 valence electrons. The third kappa shape index (κ3) is 3.15. The molecule has 3 aromatic rings. The molecule has 1 heterocycles. The molecule has 0 radical (unpaired) electrons. The van der Waals surface area contributed by atoms with E-state index in [1.165, 1.54) is 17.6 Å². The lowest BCUT2D eigenvalue weighted by molar-refractivity contribution is -0.108. The van der Waals surface area contributed by atoms with E-state index < -0.39 is 15.4 Å². The van der Waals surface area contributed by atoms with Crippen LogP contribution >= 0.6 is 11.3 Å². The van der Waals surface area contributed by atoms with Gasteiger partial charge in [0.1, 0.15) is 0 Å². The molecule has 0 unspecified atom stereocenters. The molecule has 2 aromatic carbocycles. The largest absolute Gasteiger partial charge is 0.280 e. The van der Waals surface area contributed by atoms with Crippen molar-refractivity contribution < 1.29 is 13.2 Å². The van der Waals surface area contributed by atoms with Gasteiger partial charge in [0.05, 0.1) is 20.7 Å². The Morgan fingerprint density at radius 3 is 2.44 bits per heavy atom. The fraction of sp³-hybridized carbons (Fsp3) is 0.300. The molecule has 0 N–H and O–H groups in total. The topological polar surface area (TPSA) is 67.3 Å². The average molecular weight is 401 g/mol. The van der Waals surface area contributed by atoms with Crippen molar-refractivity contribution in [2.75, 3.05) is 11.2 Å². The molecule has 1 aromatic heterocycles. The third-order valence-electron chi connectivity index (χ3n) is 5.29. The average Bonchev–Trinajstić information content (AvgIpc) is 3.29. The van der Waals surface area contributed by atoms with Crippen molar-refractivity contribution in [1.82, 2.24) is 4.98 Å². The standard InChI is InChI=1S/C20H20N2O3S2/c1-27(24,25)16-9-10-17-18(13-16)26-19(21-17)22(14-23)20(11-5-6-12-20)15-7-3-2-4-8-15/h2-4,7-10,13-14H,5-6,11-12H2,1H3. The zero-order chi connectivity index (χ0) is 19.1. The molecule has 1 fully saturated rings. The molecular formula is C20H20N2O3S2. The molecule has 0 atom stereocenters. The number of rotatable bonds is 5. The molecule has 1 saturated carbocycles. The second kappa shape index (κ2) is 6.73. The molecule has 1 aliphatic carbocycles. The lowest BCUT2D eigenvalue weighted by atomic mass is 9.87. The van der Waals surface area contributed by atoms with Crippen molar-refractivity contribution >= 4 is 42.9 Å². The van der Waals surface area contributed by atoms with E-state index in [0.717, 1.165) is 42.4 Å². The Labute approximate surface area is 162 Å². The van der Waals surface area contributed by atoms with Gasteiger partial charge in [0, 0.05) is 6.26 Å². The van der Waals surface area contributed by atoms with E-state index in [9.17, 15) is 13.2 Å². The van der Waals surface area contributed by atoms with Gasteiger partial charge in [0.25, 0.3) is 0 Å². The Bertz CT molecular complexity index is 1080. The highest BCUT2D eigenvalue weighted by molar-refractivity contribution is 7.90. The van der Waals surface area contributed by atoms with Crippen LogP contribution in [0.1, 0.15) is 31.2 Å². The zero-order valence-corrected chi connectivity index (χ0v) is 16.6. The van der Waals surface area contributed by atoms with Crippen molar-refractivity contribution in [2.45, 2.75) is 36.1 Å². The highest BCUT2D eigenvalue weighted by atomic mass is 32.2. The lowest BCUT2D eigenvalue weighted by Crippen LogP contribution is -2.43. The summed E-state index contributed by atoms with van der Waals surface area (Å²) in [6.07, 6.45) is 5.95. The van der Waals surface area contributed by atoms with E-state index in [2.05, 4.69) is 17.1 Å². The van der Waals surface area contributed by atoms with Gasteiger partial charge in [-0.2, -0.15) is 0 Å². The van der Waals surface area contributed by atoms with E-state index in [0.29, 0.717) is 10.6 Å². The van der Waals surface area contributed by atoms with Crippen molar-refractivity contribution in [1.29, 1.82) is 0 Å². The van der Waals surface area contributed by atoms with Crippen molar-refractivity contribution in [3.05, 3.63) is 54.1 Å². The third-order valence-corrected chi connectivity index (χ3v) is 7.42. The summed E-state index contributed by atoms with van der Waals surface area (Å²) >= 11 is 1.36. The number of anilines is 1. The van der Waals surface area contributed by atoms with Crippen LogP contribution in [0.3, 0.4) is 0 Å². The molecule has 0 spiro atoms. The molecule has 0 saturated heterocycles. The first kappa shape index (κ1) is 18.1. The SMILES string of the molecule is CS(=O)(=O)c1ccc2nc(N(C=O)C3(c4ccccc4)CCCC3)sc2c1. The Kier molecular flexibility index (Phi) is 4.52. The molecule has 0 aliphatic heterocycles. The number of carbonyl (C=O) groups is 1. The maximum atomic E-state index is 12.2. The number of amides is 1. The quantitative estimate of drug-likeness (QED) is 0.604. The minimum atomic E-state index is -3.29. The predicted octanol–water partition coefficient (Wildman–Crippen LogP) is 4.13. The predicted molar refractivity (Wildman–Crippen MR) is 108 cm³/mol. The number of carbonyl (C=O) groups excluding carboxylic acids is 1. The highest BCUT2D eigenvalue weighted by Gasteiger charge is 2.42. The van der Waals surface area contributed by atoms with Gasteiger partial charge in [0.15, 0.2) is 15.0 Å². The zero-order valence-electron chi connectivity index (χ0n) is 15.0. The van der Waals surface area contributed by atoms with Gasteiger partial charge in [0.2, 0.25) is 6.41 Å². The van der Waals surface area contributed by atoms with E-state index >= 15 is 0 Å². The molecule has 27 heavy (non-hydrogen) atoms. The van der Waals surface area contributed by atoms with Crippen LogP contribution in [0.2, 0.25) is 0 Å². The van der Waals surface area contributed by atoms with Crippen LogP contribution in [-0.4, -0.2) is 26.1 Å². The second-order valence-electron chi connectivity index (χ2n) is 6.98. The van der Waals surface area contributed by atoms with Crippen LogP contribution in [0, 0.1) is 0 Å². The maximum absolute atomic E-state index is 12.2. The summed E-state index contributed by atoms with van der Waals surface area (Å²) in [4.78, 5) is 18.8. The van der Waals surface area contributed by atoms with Gasteiger partial charge in [-0.15, -0.1) is 0 Å². The molecule has 5 nitrogen and oxygen atoms in total. The monoisotopic (exact) mass is 400 g/mol. The first-order valence-corrected chi connectivity index (χ1v) is 11.6. The summed E-state index contributed by atoms with van der Waals surface area (Å²) in [6.45, 7) is 0. The minimum Gasteiger partial charge on any atom is -0.280 e. The van der Waals surface area contributed by atoms with Gasteiger partial charge < -0.3 is 0 Å². The van der Waals surface area contributed by atoms with E-state index in [1.807, 2.05) is 18.2 Å². The van der Waals surface area contributed by atoms with Gasteiger partial charge in [-0.05, 0) is 36.6 Å². The number of benzene rings is 2. The van der Waals surface area contributed by atoms with Crippen LogP contribution in [-0.2, 0) is 20.2 Å². The highest BCUT2D eigenvalue weighted by Crippen LogP contribution is 2.46. The number of nitrogens with zero attached hydrogens (tertiary/aromatic N) is 2. The number of sulfone groups is 1. The summed E-state index contributed by atoms with van der Waals surface area (Å²) in [5.74, 6) is 0. The van der Waals surface area contributed by atoms with Crippen LogP contribution in [0.25, 0.3) is 10.2 Å². The van der Waals surface area contributed by atoms with Gasteiger partial charge in [-0.1, -0.05) is 54.5 Å². The first-order valence-electron chi connectivity index (χ1n) is 8.85. The smallest absolute Gasteiger partial charge is 0.216 e. The van der Waals surface area contributed by atoms with Crippen LogP contribution in [0.15, 0.2) is 53.4 Å². The van der Waals surface area contributed by atoms with Crippen molar-refractivity contribution in [3.8, 4) is 0 Å². The summed E-state index contributed by atoms with van der Waals surface area (Å²) < 4.78 is 24.4. The molecule has 1 amide bonds. The Balaban J connectivity index is 1.83. The Morgan fingerprint density at radius 2 is 1.81 bits per heavy atom. The van der Waals surface area contributed by atoms with Crippen molar-refractivity contribution in [3.63, 3.8) is 0 Å². The van der Waals surface area contributed by atoms with Crippen LogP contribution < -0.4 is 4.90 Å². The normalized spacial score (nSPS) is 16.5. The van der Waals surface area contributed by atoms with E-state index in [-0.39, 0.29) is 4.90 Å². The van der Waals surface area contributed by atoms with Crippen molar-refractivity contribution in [2.24, 2.45) is 0 Å². The van der Waals surface area contributed by atoms with Crippen LogP contribution in [0.4, 0.5) is 5.13 Å². The number of aromatic nitrogens is 1.